The Morgan fingerprint density at radius 1 is 1.13 bits per heavy atom. The van der Waals surface area contributed by atoms with Crippen LogP contribution in [0.5, 0.6) is 0 Å². The van der Waals surface area contributed by atoms with E-state index in [1.54, 1.807) is 24.3 Å². The number of thiazole rings is 1. The second-order valence-electron chi connectivity index (χ2n) is 7.01. The van der Waals surface area contributed by atoms with E-state index in [4.69, 9.17) is 11.6 Å². The molecular weight excluding hydrogens is 420 g/mol. The summed E-state index contributed by atoms with van der Waals surface area (Å²) in [4.78, 5) is 31.2. The molecule has 0 saturated heterocycles. The standard InChI is InChI=1S/C22H21ClN4O2S/c23-16-7-3-8-17(13-16)24-21(29)26-22-25-18(14-30-22)10-11-20(28)27-12-4-6-15-5-1-2-9-19(15)27/h1-3,5,7-9,13-14H,4,6,10-12H2,(H2,24,25,26,29). The topological polar surface area (TPSA) is 74.3 Å². The van der Waals surface area contributed by atoms with Crippen LogP contribution in [0.15, 0.2) is 53.9 Å². The third kappa shape index (κ3) is 4.98. The summed E-state index contributed by atoms with van der Waals surface area (Å²) in [6.07, 6.45) is 2.91. The molecule has 0 fully saturated rings. The molecule has 0 unspecified atom stereocenters. The summed E-state index contributed by atoms with van der Waals surface area (Å²) in [6, 6.07) is 14.6. The third-order valence-electron chi connectivity index (χ3n) is 4.86. The minimum absolute atomic E-state index is 0.100. The van der Waals surface area contributed by atoms with Crippen LogP contribution in [0.3, 0.4) is 0 Å². The number of para-hydroxylation sites is 1. The molecule has 3 amide bonds. The number of aryl methyl sites for hydroxylation is 2. The van der Waals surface area contributed by atoms with Crippen molar-refractivity contribution in [2.75, 3.05) is 22.1 Å². The number of benzene rings is 2. The molecule has 6 nitrogen and oxygen atoms in total. The lowest BCUT2D eigenvalue weighted by atomic mass is 10.0. The molecule has 1 aliphatic heterocycles. The largest absolute Gasteiger partial charge is 0.325 e. The van der Waals surface area contributed by atoms with E-state index in [1.807, 2.05) is 28.5 Å². The Morgan fingerprint density at radius 3 is 2.87 bits per heavy atom. The van der Waals surface area contributed by atoms with Crippen molar-refractivity contribution in [3.05, 3.63) is 70.2 Å². The van der Waals surface area contributed by atoms with Gasteiger partial charge in [-0.25, -0.2) is 9.78 Å². The lowest BCUT2D eigenvalue weighted by molar-refractivity contribution is -0.118. The summed E-state index contributed by atoms with van der Waals surface area (Å²) < 4.78 is 0. The van der Waals surface area contributed by atoms with E-state index in [0.717, 1.165) is 30.8 Å². The minimum Gasteiger partial charge on any atom is -0.312 e. The number of urea groups is 1. The quantitative estimate of drug-likeness (QED) is 0.561. The van der Waals surface area contributed by atoms with Crippen molar-refractivity contribution in [3.8, 4) is 0 Å². The van der Waals surface area contributed by atoms with Crippen LogP contribution in [-0.2, 0) is 17.6 Å². The van der Waals surface area contributed by atoms with Crippen LogP contribution in [0.1, 0.15) is 24.1 Å². The van der Waals surface area contributed by atoms with Crippen LogP contribution in [0.25, 0.3) is 0 Å². The highest BCUT2D eigenvalue weighted by Crippen LogP contribution is 2.27. The zero-order valence-corrected chi connectivity index (χ0v) is 17.8. The summed E-state index contributed by atoms with van der Waals surface area (Å²) in [5.41, 5.74) is 3.64. The van der Waals surface area contributed by atoms with E-state index in [-0.39, 0.29) is 11.9 Å². The molecule has 0 radical (unpaired) electrons. The van der Waals surface area contributed by atoms with Crippen molar-refractivity contribution in [3.63, 3.8) is 0 Å². The smallest absolute Gasteiger partial charge is 0.312 e. The summed E-state index contributed by atoms with van der Waals surface area (Å²) in [5.74, 6) is 0.100. The number of carbonyl (C=O) groups is 2. The number of aromatic nitrogens is 1. The fraction of sp³-hybridized carbons (Fsp3) is 0.227. The molecule has 4 rings (SSSR count). The lowest BCUT2D eigenvalue weighted by Crippen LogP contribution is -2.35. The number of carbonyl (C=O) groups excluding carboxylic acids is 2. The maximum absolute atomic E-state index is 12.8. The van der Waals surface area contributed by atoms with Gasteiger partial charge in [-0.1, -0.05) is 35.9 Å². The molecule has 0 aliphatic carbocycles. The Bertz CT molecular complexity index is 1070. The molecule has 1 aliphatic rings. The molecule has 2 N–H and O–H groups in total. The number of hydrogen-bond acceptors (Lipinski definition) is 4. The second kappa shape index (κ2) is 9.28. The van der Waals surface area contributed by atoms with Crippen LogP contribution >= 0.6 is 22.9 Å². The summed E-state index contributed by atoms with van der Waals surface area (Å²) in [7, 11) is 0. The van der Waals surface area contributed by atoms with Gasteiger partial charge in [-0.15, -0.1) is 11.3 Å². The van der Waals surface area contributed by atoms with Gasteiger partial charge in [-0.05, 0) is 49.1 Å². The molecule has 3 aromatic rings. The second-order valence-corrected chi connectivity index (χ2v) is 8.31. The molecule has 30 heavy (non-hydrogen) atoms. The minimum atomic E-state index is -0.390. The van der Waals surface area contributed by atoms with Crippen molar-refractivity contribution < 1.29 is 9.59 Å². The first-order chi connectivity index (χ1) is 14.6. The average Bonchev–Trinajstić information content (AvgIpc) is 3.18. The fourth-order valence-corrected chi connectivity index (χ4v) is 4.40. The monoisotopic (exact) mass is 440 g/mol. The van der Waals surface area contributed by atoms with Crippen molar-refractivity contribution in [2.24, 2.45) is 0 Å². The van der Waals surface area contributed by atoms with Gasteiger partial charge in [0, 0.05) is 34.7 Å². The van der Waals surface area contributed by atoms with Gasteiger partial charge < -0.3 is 10.2 Å². The molecule has 0 bridgehead atoms. The maximum Gasteiger partial charge on any atom is 0.325 e. The van der Waals surface area contributed by atoms with Crippen molar-refractivity contribution in [1.29, 1.82) is 0 Å². The lowest BCUT2D eigenvalue weighted by Gasteiger charge is -2.29. The first kappa shape index (κ1) is 20.4. The molecular formula is C22H21ClN4O2S. The number of anilines is 3. The average molecular weight is 441 g/mol. The number of nitrogens with zero attached hydrogens (tertiary/aromatic N) is 2. The Morgan fingerprint density at radius 2 is 2.00 bits per heavy atom. The number of nitrogens with one attached hydrogen (secondary N) is 2. The molecule has 0 saturated carbocycles. The van der Waals surface area contributed by atoms with E-state index in [0.29, 0.717) is 28.7 Å². The predicted molar refractivity (Wildman–Crippen MR) is 122 cm³/mol. The highest BCUT2D eigenvalue weighted by molar-refractivity contribution is 7.13. The highest BCUT2D eigenvalue weighted by atomic mass is 35.5. The maximum atomic E-state index is 12.8. The van der Waals surface area contributed by atoms with Crippen LogP contribution in [0.2, 0.25) is 5.02 Å². The van der Waals surface area contributed by atoms with Gasteiger partial charge in [0.05, 0.1) is 5.69 Å². The van der Waals surface area contributed by atoms with Gasteiger partial charge in [0.25, 0.3) is 0 Å². The SMILES string of the molecule is O=C(Nc1cccc(Cl)c1)Nc1nc(CCC(=O)N2CCCc3ccccc32)cs1. The first-order valence-electron chi connectivity index (χ1n) is 9.75. The number of hydrogen-bond donors (Lipinski definition) is 2. The highest BCUT2D eigenvalue weighted by Gasteiger charge is 2.22. The van der Waals surface area contributed by atoms with Crippen LogP contribution < -0.4 is 15.5 Å². The number of halogens is 1. The van der Waals surface area contributed by atoms with Gasteiger partial charge >= 0.3 is 6.03 Å². The fourth-order valence-electron chi connectivity index (χ4n) is 3.47. The number of fused-ring (bicyclic) bond motifs is 1. The Labute approximate surface area is 183 Å². The van der Waals surface area contributed by atoms with Crippen molar-refractivity contribution in [1.82, 2.24) is 4.98 Å². The zero-order valence-electron chi connectivity index (χ0n) is 16.2. The van der Waals surface area contributed by atoms with Crippen molar-refractivity contribution in [2.45, 2.75) is 25.7 Å². The summed E-state index contributed by atoms with van der Waals surface area (Å²) in [6.45, 7) is 0.753. The predicted octanol–water partition coefficient (Wildman–Crippen LogP) is 5.35. The van der Waals surface area contributed by atoms with Gasteiger partial charge in [-0.3, -0.25) is 10.1 Å². The van der Waals surface area contributed by atoms with Crippen LogP contribution in [0, 0.1) is 0 Å². The van der Waals surface area contributed by atoms with E-state index in [2.05, 4.69) is 21.7 Å². The molecule has 2 aromatic carbocycles. The number of amides is 3. The van der Waals surface area contributed by atoms with Gasteiger partial charge in [0.15, 0.2) is 5.13 Å². The summed E-state index contributed by atoms with van der Waals surface area (Å²) >= 11 is 7.26. The molecule has 1 aromatic heterocycles. The molecule has 0 spiro atoms. The Balaban J connectivity index is 1.31. The van der Waals surface area contributed by atoms with E-state index >= 15 is 0 Å². The molecule has 0 atom stereocenters. The van der Waals surface area contributed by atoms with E-state index in [1.165, 1.54) is 16.9 Å². The number of rotatable bonds is 5. The molecule has 8 heteroatoms. The third-order valence-corrected chi connectivity index (χ3v) is 5.90. The zero-order chi connectivity index (χ0) is 20.9. The van der Waals surface area contributed by atoms with Crippen molar-refractivity contribution >= 4 is 51.4 Å². The molecule has 2 heterocycles. The van der Waals surface area contributed by atoms with Gasteiger partial charge in [-0.2, -0.15) is 0 Å². The first-order valence-corrected chi connectivity index (χ1v) is 11.0. The molecule has 154 valence electrons. The van der Waals surface area contributed by atoms with E-state index < -0.39 is 0 Å². The van der Waals surface area contributed by atoms with E-state index in [9.17, 15) is 9.59 Å². The van der Waals surface area contributed by atoms with Gasteiger partial charge in [0.1, 0.15) is 0 Å². The summed E-state index contributed by atoms with van der Waals surface area (Å²) in [5, 5.41) is 8.33. The normalized spacial score (nSPS) is 12.9. The van der Waals surface area contributed by atoms with Crippen LogP contribution in [0.4, 0.5) is 21.3 Å². The van der Waals surface area contributed by atoms with Crippen LogP contribution in [-0.4, -0.2) is 23.5 Å². The Kier molecular flexibility index (Phi) is 6.30. The van der Waals surface area contributed by atoms with Gasteiger partial charge in [0.2, 0.25) is 5.91 Å². The Hall–Kier alpha value is -2.90.